The van der Waals surface area contributed by atoms with Crippen molar-refractivity contribution in [2.45, 2.75) is 0 Å². The molecule has 0 N–H and O–H groups in total. The van der Waals surface area contributed by atoms with Gasteiger partial charge in [0.1, 0.15) is 0 Å². The minimum atomic E-state index is 0. The van der Waals surface area contributed by atoms with E-state index in [9.17, 15) is 0 Å². The van der Waals surface area contributed by atoms with Gasteiger partial charge in [-0.1, -0.05) is 0 Å². The molecule has 0 aromatic carbocycles. The molecule has 0 fully saturated rings. The van der Waals surface area contributed by atoms with Gasteiger partial charge in [-0.3, -0.25) is 0 Å². The summed E-state index contributed by atoms with van der Waals surface area (Å²) >= 11 is 0. The summed E-state index contributed by atoms with van der Waals surface area (Å²) in [7, 11) is 0. The summed E-state index contributed by atoms with van der Waals surface area (Å²) in [6.07, 6.45) is 0. The fourth-order valence-electron chi connectivity index (χ4n) is 0. The minimum Gasteiger partial charge on any atom is 0 e. The Morgan fingerprint density at radius 2 is 0.400 bits per heavy atom. The molecular formula is H16Ge4K. The Bertz CT molecular complexity index is 3.61. The Hall–Kier alpha value is 3.81. The van der Waals surface area contributed by atoms with E-state index in [2.05, 4.69) is 0 Å². The Morgan fingerprint density at radius 3 is 0.400 bits per heavy atom. The molecule has 0 saturated carbocycles. The Balaban J connectivity index is 0. The van der Waals surface area contributed by atoms with Gasteiger partial charge >= 0.3 is 70.4 Å². The second-order valence-electron chi connectivity index (χ2n) is 0. The average Bonchev–Trinajstić information content (AvgIpc) is 0. The first kappa shape index (κ1) is 37.0. The smallest absolute Gasteiger partial charge is 0 e. The third-order valence-electron chi connectivity index (χ3n) is 0. The van der Waals surface area contributed by atoms with E-state index in [1.165, 1.54) is 0 Å². The van der Waals surface area contributed by atoms with Crippen molar-refractivity contribution in [1.29, 1.82) is 0 Å². The van der Waals surface area contributed by atoms with Crippen LogP contribution in [-0.2, 0) is 0 Å². The van der Waals surface area contributed by atoms with Gasteiger partial charge in [-0.2, -0.15) is 0 Å². The van der Waals surface area contributed by atoms with Crippen molar-refractivity contribution in [2.24, 2.45) is 0 Å². The maximum Gasteiger partial charge on any atom is 0 e. The van der Waals surface area contributed by atoms with Crippen molar-refractivity contribution >= 4 is 122 Å². The molecule has 0 amide bonds. The van der Waals surface area contributed by atoms with Crippen LogP contribution in [0.1, 0.15) is 0 Å². The fourth-order valence-corrected chi connectivity index (χ4v) is 0. The molecule has 33 valence electrons. The molecule has 0 heterocycles. The van der Waals surface area contributed by atoms with Crippen LogP contribution < -0.4 is 0 Å². The van der Waals surface area contributed by atoms with Gasteiger partial charge in [-0.05, 0) is 0 Å². The first-order valence-electron chi connectivity index (χ1n) is 0. The first-order valence-corrected chi connectivity index (χ1v) is 0. The van der Waals surface area contributed by atoms with Crippen LogP contribution in [0.25, 0.3) is 0 Å². The van der Waals surface area contributed by atoms with Crippen LogP contribution in [-0.4, -0.2) is 122 Å². The van der Waals surface area contributed by atoms with Crippen molar-refractivity contribution in [2.75, 3.05) is 0 Å². The van der Waals surface area contributed by atoms with Crippen molar-refractivity contribution in [3.05, 3.63) is 0 Å². The quantitative estimate of drug-likeness (QED) is 0.383. The molecule has 0 rings (SSSR count). The summed E-state index contributed by atoms with van der Waals surface area (Å²) in [6.45, 7) is 0. The van der Waals surface area contributed by atoms with Gasteiger partial charge in [0.15, 0.2) is 0 Å². The summed E-state index contributed by atoms with van der Waals surface area (Å²) in [5.41, 5.74) is 0. The molecule has 0 aromatic rings. The third-order valence-corrected chi connectivity index (χ3v) is 0. The molecule has 5 heavy (non-hydrogen) atoms. The molecule has 5 heteroatoms. The van der Waals surface area contributed by atoms with E-state index in [0.29, 0.717) is 0 Å². The van der Waals surface area contributed by atoms with Crippen LogP contribution in [0, 0.1) is 0 Å². The van der Waals surface area contributed by atoms with E-state index in [1.807, 2.05) is 0 Å². The van der Waals surface area contributed by atoms with Gasteiger partial charge in [-0.15, -0.1) is 0 Å². The third kappa shape index (κ3) is 18.2. The summed E-state index contributed by atoms with van der Waals surface area (Å²) in [5.74, 6) is 0. The number of rotatable bonds is 0. The van der Waals surface area contributed by atoms with E-state index in [0.717, 1.165) is 0 Å². The summed E-state index contributed by atoms with van der Waals surface area (Å²) < 4.78 is 0. The van der Waals surface area contributed by atoms with Crippen molar-refractivity contribution in [3.8, 4) is 0 Å². The molecule has 0 aromatic heterocycles. The molecule has 0 aliphatic rings. The Kier molecular flexibility index (Phi) is 185. The van der Waals surface area contributed by atoms with Crippen LogP contribution in [0.5, 0.6) is 0 Å². The van der Waals surface area contributed by atoms with E-state index < -0.39 is 0 Å². The monoisotopic (exact) mass is 351 g/mol. The molecule has 1 radical (unpaired) electrons. The van der Waals surface area contributed by atoms with Crippen LogP contribution >= 0.6 is 0 Å². The van der Waals surface area contributed by atoms with Crippen molar-refractivity contribution in [1.82, 2.24) is 0 Å². The molecule has 0 atom stereocenters. The normalized spacial score (nSPS) is 0. The standard InChI is InChI=1S/4GeH4.K/h4*1H4;. The van der Waals surface area contributed by atoms with Gasteiger partial charge < -0.3 is 0 Å². The van der Waals surface area contributed by atoms with Crippen LogP contribution in [0.15, 0.2) is 0 Å². The zero-order valence-electron chi connectivity index (χ0n) is 1.00. The Morgan fingerprint density at radius 1 is 0.400 bits per heavy atom. The molecule has 0 aliphatic heterocycles. The SMILES string of the molecule is [GeH4].[GeH4].[GeH4].[GeH4].[K]. The molecule has 0 aliphatic carbocycles. The molecule has 0 saturated heterocycles. The second-order valence-corrected chi connectivity index (χ2v) is 0. The van der Waals surface area contributed by atoms with E-state index in [1.54, 1.807) is 0 Å². The molecular weight excluding hydrogens is 330 g/mol. The zero-order chi connectivity index (χ0) is 0. The van der Waals surface area contributed by atoms with E-state index >= 15 is 0 Å². The topological polar surface area (TPSA) is 0 Å². The van der Waals surface area contributed by atoms with E-state index in [-0.39, 0.29) is 122 Å². The van der Waals surface area contributed by atoms with Gasteiger partial charge in [0.05, 0.1) is 0 Å². The predicted octanol–water partition coefficient (Wildman–Crippen LogP) is -6.19. The summed E-state index contributed by atoms with van der Waals surface area (Å²) in [6, 6.07) is 0. The maximum atomic E-state index is 0. The predicted molar refractivity (Wildman–Crippen MR) is 51.1 cm³/mol. The maximum absolute atomic E-state index is 0. The molecule has 0 unspecified atom stereocenters. The van der Waals surface area contributed by atoms with Gasteiger partial charge in [0.2, 0.25) is 0 Å². The van der Waals surface area contributed by atoms with Gasteiger partial charge in [-0.25, -0.2) is 0 Å². The van der Waals surface area contributed by atoms with Gasteiger partial charge in [0, 0.05) is 51.4 Å². The number of hydrogen-bond acceptors (Lipinski definition) is 0. The van der Waals surface area contributed by atoms with Crippen LogP contribution in [0.2, 0.25) is 0 Å². The fraction of sp³-hybridized carbons (Fsp3) is 0. The largest absolute Gasteiger partial charge is 0 e. The zero-order valence-corrected chi connectivity index (χ0v) is 4.12. The molecule has 0 nitrogen and oxygen atoms in total. The molecule has 0 bridgehead atoms. The van der Waals surface area contributed by atoms with Crippen LogP contribution in [0.3, 0.4) is 0 Å². The summed E-state index contributed by atoms with van der Waals surface area (Å²) in [5, 5.41) is 0. The Labute approximate surface area is 119 Å². The van der Waals surface area contributed by atoms with Crippen molar-refractivity contribution in [3.63, 3.8) is 0 Å². The first-order chi connectivity index (χ1) is 0. The van der Waals surface area contributed by atoms with Gasteiger partial charge in [0.25, 0.3) is 0 Å². The average molecular weight is 346 g/mol. The van der Waals surface area contributed by atoms with Crippen LogP contribution in [0.4, 0.5) is 0 Å². The molecule has 0 spiro atoms. The number of hydrogen-bond donors (Lipinski definition) is 0. The second kappa shape index (κ2) is 25.0. The van der Waals surface area contributed by atoms with E-state index in [4.69, 9.17) is 0 Å². The minimum absolute atomic E-state index is 0. The summed E-state index contributed by atoms with van der Waals surface area (Å²) in [4.78, 5) is 0. The van der Waals surface area contributed by atoms with Crippen molar-refractivity contribution < 1.29 is 0 Å².